The molecule has 0 spiro atoms. The number of nitrogens with zero attached hydrogens (tertiary/aromatic N) is 4. The maximum atomic E-state index is 6.36. The molecule has 5 nitrogen and oxygen atoms in total. The van der Waals surface area contributed by atoms with Crippen LogP contribution in [-0.2, 0) is 0 Å². The van der Waals surface area contributed by atoms with Crippen LogP contribution < -0.4 is 0 Å². The molecule has 0 aliphatic rings. The van der Waals surface area contributed by atoms with E-state index in [1.807, 2.05) is 48.7 Å². The molecule has 266 valence electrons. The highest BCUT2D eigenvalue weighted by Crippen LogP contribution is 2.39. The van der Waals surface area contributed by atoms with Crippen molar-refractivity contribution in [1.29, 1.82) is 0 Å². The van der Waals surface area contributed by atoms with Gasteiger partial charge in [0.1, 0.15) is 11.2 Å². The van der Waals surface area contributed by atoms with Gasteiger partial charge in [-0.2, -0.15) is 0 Å². The molecule has 0 saturated heterocycles. The number of para-hydroxylation sites is 2. The quantitative estimate of drug-likeness (QED) is 0.171. The molecule has 0 radical (unpaired) electrons. The van der Waals surface area contributed by atoms with Crippen LogP contribution >= 0.6 is 0 Å². The lowest BCUT2D eigenvalue weighted by atomic mass is 9.92. The van der Waals surface area contributed by atoms with E-state index in [9.17, 15) is 0 Å². The molecule has 3 heterocycles. The van der Waals surface area contributed by atoms with Gasteiger partial charge in [0, 0.05) is 44.6 Å². The van der Waals surface area contributed by atoms with Crippen LogP contribution in [0.25, 0.3) is 111 Å². The third kappa shape index (κ3) is 5.81. The van der Waals surface area contributed by atoms with Gasteiger partial charge in [-0.1, -0.05) is 164 Å². The van der Waals surface area contributed by atoms with Gasteiger partial charge in [0.05, 0.1) is 5.52 Å². The fourth-order valence-electron chi connectivity index (χ4n) is 7.97. The molecule has 8 aromatic carbocycles. The topological polar surface area (TPSA) is 64.7 Å². The van der Waals surface area contributed by atoms with Crippen molar-refractivity contribution in [3.8, 4) is 67.5 Å². The Kier molecular flexibility index (Phi) is 7.74. The van der Waals surface area contributed by atoms with E-state index < -0.39 is 0 Å². The smallest absolute Gasteiger partial charge is 0.164 e. The third-order valence-corrected chi connectivity index (χ3v) is 10.8. The molecule has 0 aliphatic carbocycles. The number of hydrogen-bond donors (Lipinski definition) is 0. The van der Waals surface area contributed by atoms with Crippen molar-refractivity contribution in [2.24, 2.45) is 0 Å². The van der Waals surface area contributed by atoms with Gasteiger partial charge in [-0.3, -0.25) is 4.98 Å². The zero-order valence-corrected chi connectivity index (χ0v) is 30.7. The first-order chi connectivity index (χ1) is 28.2. The monoisotopic (exact) mass is 728 g/mol. The Balaban J connectivity index is 0.971. The van der Waals surface area contributed by atoms with E-state index in [-0.39, 0.29) is 0 Å². The van der Waals surface area contributed by atoms with E-state index in [4.69, 9.17) is 24.4 Å². The van der Waals surface area contributed by atoms with Crippen LogP contribution in [-0.4, -0.2) is 19.9 Å². The van der Waals surface area contributed by atoms with Gasteiger partial charge in [-0.05, 0) is 62.9 Å². The Morgan fingerprint density at radius 1 is 0.351 bits per heavy atom. The van der Waals surface area contributed by atoms with Gasteiger partial charge in [0.2, 0.25) is 0 Å². The second-order valence-electron chi connectivity index (χ2n) is 14.2. The first-order valence-electron chi connectivity index (χ1n) is 19.0. The Bertz CT molecular complexity index is 3270. The fourth-order valence-corrected chi connectivity index (χ4v) is 7.97. The molecule has 0 unspecified atom stereocenters. The van der Waals surface area contributed by atoms with Crippen molar-refractivity contribution >= 4 is 43.6 Å². The highest BCUT2D eigenvalue weighted by Gasteiger charge is 2.16. The molecule has 3 aromatic heterocycles. The third-order valence-electron chi connectivity index (χ3n) is 10.8. The van der Waals surface area contributed by atoms with E-state index in [0.717, 1.165) is 88.3 Å². The van der Waals surface area contributed by atoms with E-state index in [1.165, 1.54) is 5.39 Å². The second kappa shape index (κ2) is 13.5. The molecular formula is C52H32N4O. The van der Waals surface area contributed by atoms with Crippen LogP contribution in [0.1, 0.15) is 0 Å². The average Bonchev–Trinajstić information content (AvgIpc) is 3.68. The number of fused-ring (bicyclic) bond motifs is 5. The van der Waals surface area contributed by atoms with Crippen LogP contribution in [0.15, 0.2) is 199 Å². The summed E-state index contributed by atoms with van der Waals surface area (Å²) in [6, 6.07) is 65.1. The van der Waals surface area contributed by atoms with Crippen LogP contribution in [0, 0.1) is 0 Å². The molecule has 0 amide bonds. The van der Waals surface area contributed by atoms with E-state index >= 15 is 0 Å². The van der Waals surface area contributed by atoms with E-state index in [0.29, 0.717) is 17.5 Å². The Morgan fingerprint density at radius 3 is 1.67 bits per heavy atom. The Labute approximate surface area is 328 Å². The summed E-state index contributed by atoms with van der Waals surface area (Å²) in [5.74, 6) is 1.90. The number of aromatic nitrogens is 4. The zero-order chi connectivity index (χ0) is 37.7. The van der Waals surface area contributed by atoms with E-state index in [2.05, 4.69) is 146 Å². The summed E-state index contributed by atoms with van der Waals surface area (Å²) in [4.78, 5) is 19.8. The molecule has 0 bridgehead atoms. The normalized spacial score (nSPS) is 11.5. The van der Waals surface area contributed by atoms with Crippen LogP contribution in [0.3, 0.4) is 0 Å². The van der Waals surface area contributed by atoms with Crippen molar-refractivity contribution in [2.75, 3.05) is 0 Å². The summed E-state index contributed by atoms with van der Waals surface area (Å²) in [6.45, 7) is 0. The summed E-state index contributed by atoms with van der Waals surface area (Å²) in [5.41, 5.74) is 12.2. The molecule has 5 heteroatoms. The average molecular weight is 729 g/mol. The number of rotatable bonds is 6. The predicted molar refractivity (Wildman–Crippen MR) is 233 cm³/mol. The maximum Gasteiger partial charge on any atom is 0.164 e. The van der Waals surface area contributed by atoms with Gasteiger partial charge in [0.25, 0.3) is 0 Å². The van der Waals surface area contributed by atoms with Gasteiger partial charge in [-0.25, -0.2) is 15.0 Å². The molecule has 0 aliphatic heterocycles. The molecule has 0 saturated carbocycles. The van der Waals surface area contributed by atoms with Gasteiger partial charge < -0.3 is 4.42 Å². The van der Waals surface area contributed by atoms with Gasteiger partial charge in [-0.15, -0.1) is 0 Å². The first-order valence-corrected chi connectivity index (χ1v) is 19.0. The lowest BCUT2D eigenvalue weighted by molar-refractivity contribution is 0.670. The SMILES string of the molecule is c1ccc(-c2nc(-c3ccc(-c4ccnc5cccc(-c6ccc(-c7cccc8c7oc7ccccc78)cc6)c45)cc3)nc(-c3ccc4ccccc4c3)n2)cc1. The van der Waals surface area contributed by atoms with Crippen molar-refractivity contribution < 1.29 is 4.42 Å². The Hall–Kier alpha value is -7.76. The summed E-state index contributed by atoms with van der Waals surface area (Å²) >= 11 is 0. The van der Waals surface area contributed by atoms with Crippen LogP contribution in [0.4, 0.5) is 0 Å². The molecule has 11 aromatic rings. The van der Waals surface area contributed by atoms with Crippen LogP contribution in [0.5, 0.6) is 0 Å². The highest BCUT2D eigenvalue weighted by molar-refractivity contribution is 6.10. The number of hydrogen-bond acceptors (Lipinski definition) is 5. The maximum absolute atomic E-state index is 6.36. The van der Waals surface area contributed by atoms with Gasteiger partial charge in [0.15, 0.2) is 17.5 Å². The Morgan fingerprint density at radius 2 is 0.895 bits per heavy atom. The lowest BCUT2D eigenvalue weighted by Gasteiger charge is -2.13. The standard InChI is InChI=1S/C52H32N4O/c1-2-11-37(12-3-1)50-54-51(56-52(55-50)40-29-20-33-10-4-5-13-39(33)32-40)38-27-25-35(26-28-38)42-30-31-53-46-18-9-15-41(48(42)46)34-21-23-36(24-22-34)43-16-8-17-45-44-14-6-7-19-47(44)57-49(43)45/h1-32H. The van der Waals surface area contributed by atoms with Crippen molar-refractivity contribution in [3.63, 3.8) is 0 Å². The summed E-state index contributed by atoms with van der Waals surface area (Å²) in [6.07, 6.45) is 1.89. The number of pyridine rings is 1. The molecule has 0 N–H and O–H groups in total. The molecular weight excluding hydrogens is 697 g/mol. The van der Waals surface area contributed by atoms with Crippen molar-refractivity contribution in [1.82, 2.24) is 19.9 Å². The number of benzene rings is 8. The summed E-state index contributed by atoms with van der Waals surface area (Å²) in [5, 5.41) is 5.68. The largest absolute Gasteiger partial charge is 0.455 e. The lowest BCUT2D eigenvalue weighted by Crippen LogP contribution is -2.00. The predicted octanol–water partition coefficient (Wildman–Crippen LogP) is 13.5. The highest BCUT2D eigenvalue weighted by atomic mass is 16.3. The van der Waals surface area contributed by atoms with Crippen molar-refractivity contribution in [3.05, 3.63) is 194 Å². The second-order valence-corrected chi connectivity index (χ2v) is 14.2. The molecule has 57 heavy (non-hydrogen) atoms. The minimum Gasteiger partial charge on any atom is -0.455 e. The molecule has 0 atom stereocenters. The van der Waals surface area contributed by atoms with Gasteiger partial charge >= 0.3 is 0 Å². The fraction of sp³-hybridized carbons (Fsp3) is 0. The summed E-state index contributed by atoms with van der Waals surface area (Å²) in [7, 11) is 0. The molecule has 11 rings (SSSR count). The van der Waals surface area contributed by atoms with Crippen LogP contribution in [0.2, 0.25) is 0 Å². The minimum atomic E-state index is 0.622. The summed E-state index contributed by atoms with van der Waals surface area (Å²) < 4.78 is 6.36. The minimum absolute atomic E-state index is 0.622. The zero-order valence-electron chi connectivity index (χ0n) is 30.7. The molecule has 0 fully saturated rings. The van der Waals surface area contributed by atoms with Crippen molar-refractivity contribution in [2.45, 2.75) is 0 Å². The first kappa shape index (κ1) is 32.7. The number of furan rings is 1. The van der Waals surface area contributed by atoms with E-state index in [1.54, 1.807) is 0 Å².